The first kappa shape index (κ1) is 28.9. The van der Waals surface area contributed by atoms with Crippen molar-refractivity contribution in [1.29, 1.82) is 0 Å². The van der Waals surface area contributed by atoms with Gasteiger partial charge in [0.2, 0.25) is 0 Å². The summed E-state index contributed by atoms with van der Waals surface area (Å²) in [6.45, 7) is 24.4. The molecule has 0 N–H and O–H groups in total. The smallest absolute Gasteiger partial charge is 0.130 e. The van der Waals surface area contributed by atoms with Crippen LogP contribution in [0.15, 0.2) is 12.2 Å². The average molecular weight is 352 g/mol. The topological polar surface area (TPSA) is 26.3 Å². The van der Waals surface area contributed by atoms with Gasteiger partial charge >= 0.3 is 81.4 Å². The molecular weight excluding hydrogens is 307 g/mol. The Balaban J connectivity index is -0.000000348. The normalized spacial score (nSPS) is 13.8. The summed E-state index contributed by atoms with van der Waals surface area (Å²) >= 11 is 0. The zero-order valence-corrected chi connectivity index (χ0v) is 18.7. The summed E-state index contributed by atoms with van der Waals surface area (Å²) in [4.78, 5) is 10.5. The largest absolute Gasteiger partial charge is 0.300 e. The summed E-state index contributed by atoms with van der Waals surface area (Å²) in [5.74, 6) is 3.01. The molecule has 0 unspecified atom stereocenters. The number of ether oxygens (including phenoxy) is 1. The van der Waals surface area contributed by atoms with Crippen molar-refractivity contribution in [3.05, 3.63) is 12.2 Å². The van der Waals surface area contributed by atoms with Gasteiger partial charge in [0.15, 0.2) is 0 Å². The molecule has 1 fully saturated rings. The van der Waals surface area contributed by atoms with Crippen LogP contribution in [0.1, 0.15) is 101 Å². The van der Waals surface area contributed by atoms with Gasteiger partial charge in [0.1, 0.15) is 5.78 Å². The molecule has 0 radical (unpaired) electrons. The molecule has 0 amide bonds. The fourth-order valence-electron chi connectivity index (χ4n) is 2.56. The number of ketones is 1. The number of hydrogen-bond donors (Lipinski definition) is 0. The van der Waals surface area contributed by atoms with Crippen LogP contribution in [-0.4, -0.2) is 25.3 Å². The first-order valence-corrected chi connectivity index (χ1v) is 10.2. The van der Waals surface area contributed by atoms with E-state index >= 15 is 0 Å². The molecule has 2 nitrogen and oxygen atoms in total. The predicted octanol–water partition coefficient (Wildman–Crippen LogP) is 6.64. The molecule has 0 aliphatic heterocycles. The van der Waals surface area contributed by atoms with E-state index in [1.165, 1.54) is 32.1 Å². The summed E-state index contributed by atoms with van der Waals surface area (Å²) < 4.78 is 5.54. The number of hydrogen-bond acceptors (Lipinski definition) is 2. The fourth-order valence-corrected chi connectivity index (χ4v) is 2.56. The summed E-state index contributed by atoms with van der Waals surface area (Å²) in [5, 5.41) is 0. The third-order valence-electron chi connectivity index (χ3n) is 3.36. The predicted molar refractivity (Wildman–Crippen MR) is 117 cm³/mol. The Labute approximate surface area is 159 Å². The van der Waals surface area contributed by atoms with Crippen LogP contribution < -0.4 is 0 Å². The maximum atomic E-state index is 10.5. The molecule has 0 aromatic rings. The Morgan fingerprint density at radius 3 is 1.92 bits per heavy atom. The van der Waals surface area contributed by atoms with Gasteiger partial charge in [0, 0.05) is 6.42 Å². The Hall–Kier alpha value is -0.855. The van der Waals surface area contributed by atoms with Gasteiger partial charge in [-0.25, -0.2) is 0 Å². The first-order chi connectivity index (χ1) is 11.7. The van der Waals surface area contributed by atoms with Crippen LogP contribution in [0.4, 0.5) is 0 Å². The quantitative estimate of drug-likeness (QED) is 0.409. The maximum absolute atomic E-state index is 10.5. The second-order valence-electron chi connectivity index (χ2n) is 7.22. The Bertz CT molecular complexity index is 334. The molecule has 1 saturated carbocycles. The van der Waals surface area contributed by atoms with Crippen LogP contribution in [0.2, 0.25) is 0 Å². The summed E-state index contributed by atoms with van der Waals surface area (Å²) in [5.41, 5.74) is 0.972. The first-order valence-electron chi connectivity index (χ1n) is 10.2. The van der Waals surface area contributed by atoms with E-state index in [1.54, 1.807) is 6.92 Å². The fraction of sp³-hybridized carbons (Fsp3) is 0.818. The molecule has 0 bridgehead atoms. The average Bonchev–Trinajstić information content (AvgIpc) is 2.56. The van der Waals surface area contributed by atoms with Gasteiger partial charge in [-0.05, 0) is 12.3 Å². The van der Waals surface area contributed by atoms with E-state index in [-0.39, 0.29) is 11.2 Å². The molecule has 0 aromatic carbocycles. The van der Waals surface area contributed by atoms with Crippen molar-refractivity contribution in [3.8, 4) is 0 Å². The minimum atomic E-state index is 0.172. The number of carbonyl (C=O) groups is 1. The molecule has 0 heterocycles. The van der Waals surface area contributed by atoms with Crippen LogP contribution in [0.5, 0.6) is 0 Å². The van der Waals surface area contributed by atoms with Gasteiger partial charge in [-0.15, -0.1) is 0 Å². The zero-order chi connectivity index (χ0) is 20.3. The van der Waals surface area contributed by atoms with Crippen molar-refractivity contribution in [2.45, 2.75) is 101 Å². The van der Waals surface area contributed by atoms with Gasteiger partial charge < -0.3 is 4.79 Å². The van der Waals surface area contributed by atoms with Crippen LogP contribution >= 0.6 is 0 Å². The Kier molecular flexibility index (Phi) is 22.5. The van der Waals surface area contributed by atoms with Crippen molar-refractivity contribution in [1.82, 2.24) is 0 Å². The molecule has 1 aliphatic carbocycles. The SMILES string of the molecule is C=C(B=CC)OCC1CCCCC1.CC.CC.CC(=O)CC(C)(C)C. The molecule has 0 atom stereocenters. The van der Waals surface area contributed by atoms with Gasteiger partial charge in [-0.3, -0.25) is 0 Å². The van der Waals surface area contributed by atoms with Gasteiger partial charge in [0.05, 0.1) is 0 Å². The van der Waals surface area contributed by atoms with Crippen molar-refractivity contribution in [2.75, 3.05) is 6.61 Å². The van der Waals surface area contributed by atoms with Gasteiger partial charge in [-0.2, -0.15) is 0 Å². The molecule has 1 aliphatic rings. The molecule has 0 spiro atoms. The third-order valence-corrected chi connectivity index (χ3v) is 3.36. The monoisotopic (exact) mass is 352 g/mol. The molecule has 0 aromatic heterocycles. The van der Waals surface area contributed by atoms with Crippen LogP contribution in [-0.2, 0) is 9.53 Å². The van der Waals surface area contributed by atoms with Gasteiger partial charge in [-0.1, -0.05) is 48.5 Å². The molecular formula is C22H45BO2. The summed E-state index contributed by atoms with van der Waals surface area (Å²) in [6, 6.07) is 0. The molecule has 1 rings (SSSR count). The van der Waals surface area contributed by atoms with E-state index in [2.05, 4.69) is 27.4 Å². The van der Waals surface area contributed by atoms with Crippen LogP contribution in [0.25, 0.3) is 0 Å². The summed E-state index contributed by atoms with van der Waals surface area (Å²) in [6.07, 6.45) is 7.53. The minimum absolute atomic E-state index is 0.172. The second-order valence-corrected chi connectivity index (χ2v) is 7.22. The van der Waals surface area contributed by atoms with Crippen molar-refractivity contribution >= 4 is 18.7 Å². The van der Waals surface area contributed by atoms with Crippen LogP contribution in [0.3, 0.4) is 0 Å². The number of rotatable bonds is 5. The van der Waals surface area contributed by atoms with E-state index in [1.807, 2.05) is 47.5 Å². The molecule has 3 heteroatoms. The second kappa shape index (κ2) is 19.5. The standard InChI is InChI=1S/C11H19BO.C7H14O.2C2H6/c1-3-12-10(2)13-9-11-7-5-4-6-8-11;1-6(8)5-7(2,3)4;2*1-2/h3,11H,2,4-9H2,1H3;5H2,1-4H3;2*1-2H3. The molecule has 25 heavy (non-hydrogen) atoms. The van der Waals surface area contributed by atoms with E-state index in [0.29, 0.717) is 6.42 Å². The summed E-state index contributed by atoms with van der Waals surface area (Å²) in [7, 11) is 0. The van der Waals surface area contributed by atoms with E-state index in [9.17, 15) is 4.79 Å². The van der Waals surface area contributed by atoms with Crippen molar-refractivity contribution < 1.29 is 9.53 Å². The molecule has 148 valence electrons. The van der Waals surface area contributed by atoms with Crippen molar-refractivity contribution in [3.63, 3.8) is 0 Å². The Morgan fingerprint density at radius 1 is 1.12 bits per heavy atom. The Morgan fingerprint density at radius 2 is 1.60 bits per heavy atom. The number of carbonyl (C=O) groups excluding carboxylic acids is 1. The van der Waals surface area contributed by atoms with E-state index < -0.39 is 0 Å². The van der Waals surface area contributed by atoms with Gasteiger partial charge in [0.25, 0.3) is 0 Å². The molecule has 0 saturated heterocycles. The third kappa shape index (κ3) is 25.5. The van der Waals surface area contributed by atoms with E-state index in [0.717, 1.165) is 18.2 Å². The van der Waals surface area contributed by atoms with E-state index in [4.69, 9.17) is 4.74 Å². The minimum Gasteiger partial charge on any atom is -0.300 e. The van der Waals surface area contributed by atoms with Crippen LogP contribution in [0, 0.1) is 11.3 Å². The zero-order valence-electron chi connectivity index (χ0n) is 18.7. The number of Topliss-reactive ketones (excluding diaryl/α,β-unsaturated/α-hetero) is 1. The maximum Gasteiger partial charge on any atom is 0.130 e. The van der Waals surface area contributed by atoms with Crippen molar-refractivity contribution in [2.24, 2.45) is 11.3 Å².